The van der Waals surface area contributed by atoms with Crippen molar-refractivity contribution in [2.24, 2.45) is 7.05 Å². The van der Waals surface area contributed by atoms with E-state index in [2.05, 4.69) is 21.7 Å². The van der Waals surface area contributed by atoms with Gasteiger partial charge in [-0.3, -0.25) is 14.2 Å². The second-order valence-corrected chi connectivity index (χ2v) is 10.6. The SMILES string of the molecule is Cn1c(=O)oc2ccc(-c3ccc(C[C@@H](C#N)NC(=O)C(Cc4ccc[nH]c4=O)NC(=O)OC(C)(C)C)cc3)cc21. The lowest BCUT2D eigenvalue weighted by Crippen LogP contribution is -2.52. The molecule has 41 heavy (non-hydrogen) atoms. The van der Waals surface area contributed by atoms with Crippen LogP contribution in [0, 0.1) is 11.3 Å². The molecule has 3 N–H and O–H groups in total. The summed E-state index contributed by atoms with van der Waals surface area (Å²) < 4.78 is 11.9. The van der Waals surface area contributed by atoms with Crippen LogP contribution in [0.15, 0.2) is 74.8 Å². The molecule has 11 heteroatoms. The maximum atomic E-state index is 13.2. The Kier molecular flexibility index (Phi) is 8.42. The summed E-state index contributed by atoms with van der Waals surface area (Å²) in [5.74, 6) is -1.06. The minimum Gasteiger partial charge on any atom is -0.444 e. The van der Waals surface area contributed by atoms with Crippen LogP contribution in [0.25, 0.3) is 22.2 Å². The molecule has 2 aromatic carbocycles. The van der Waals surface area contributed by atoms with Crippen LogP contribution in [0.3, 0.4) is 0 Å². The molecule has 0 saturated heterocycles. The summed E-state index contributed by atoms with van der Waals surface area (Å²) in [7, 11) is 1.64. The van der Waals surface area contributed by atoms with Crippen molar-refractivity contribution in [3.63, 3.8) is 0 Å². The predicted molar refractivity (Wildman–Crippen MR) is 152 cm³/mol. The molecule has 2 amide bonds. The largest absolute Gasteiger partial charge is 0.444 e. The highest BCUT2D eigenvalue weighted by Crippen LogP contribution is 2.24. The number of nitrogens with one attached hydrogen (secondary N) is 3. The molecule has 0 bridgehead atoms. The fourth-order valence-corrected chi connectivity index (χ4v) is 4.27. The van der Waals surface area contributed by atoms with Crippen molar-refractivity contribution in [3.8, 4) is 17.2 Å². The fourth-order valence-electron chi connectivity index (χ4n) is 4.27. The van der Waals surface area contributed by atoms with Crippen LogP contribution in [0.4, 0.5) is 4.79 Å². The number of carbonyl (C=O) groups is 2. The van der Waals surface area contributed by atoms with Crippen molar-refractivity contribution in [1.82, 2.24) is 20.2 Å². The van der Waals surface area contributed by atoms with Gasteiger partial charge in [0.25, 0.3) is 5.56 Å². The Morgan fingerprint density at radius 3 is 2.41 bits per heavy atom. The van der Waals surface area contributed by atoms with Crippen molar-refractivity contribution in [2.45, 2.75) is 51.3 Å². The van der Waals surface area contributed by atoms with E-state index in [1.165, 1.54) is 10.8 Å². The monoisotopic (exact) mass is 557 g/mol. The number of alkyl carbamates (subject to hydrolysis) is 1. The predicted octanol–water partition coefficient (Wildman–Crippen LogP) is 3.17. The van der Waals surface area contributed by atoms with Gasteiger partial charge in [0.15, 0.2) is 5.58 Å². The van der Waals surface area contributed by atoms with E-state index < -0.39 is 35.4 Å². The molecule has 0 saturated carbocycles. The van der Waals surface area contributed by atoms with Crippen LogP contribution in [-0.2, 0) is 29.4 Å². The average molecular weight is 558 g/mol. The van der Waals surface area contributed by atoms with Crippen LogP contribution in [0.5, 0.6) is 0 Å². The van der Waals surface area contributed by atoms with Gasteiger partial charge < -0.3 is 24.8 Å². The number of oxazole rings is 1. The Morgan fingerprint density at radius 2 is 1.76 bits per heavy atom. The number of rotatable bonds is 8. The van der Waals surface area contributed by atoms with Gasteiger partial charge in [-0.05, 0) is 55.7 Å². The number of aryl methyl sites for hydroxylation is 1. The Balaban J connectivity index is 1.47. The molecule has 0 aliphatic carbocycles. The topological polar surface area (TPSA) is 159 Å². The standard InChI is InChI=1S/C30H31N5O6/c1-30(2,3)41-28(38)34-23(15-21-6-5-13-32-26(21)36)27(37)33-22(17-31)14-18-7-9-19(10-8-18)20-11-12-25-24(16-20)35(4)29(39)40-25/h5-13,16,22-23H,14-15H2,1-4H3,(H,32,36)(H,33,37)(H,34,38)/t22-,23?/m0/s1. The summed E-state index contributed by atoms with van der Waals surface area (Å²) in [6, 6.07) is 16.2. The highest BCUT2D eigenvalue weighted by atomic mass is 16.6. The van der Waals surface area contributed by atoms with Gasteiger partial charge in [0.2, 0.25) is 5.91 Å². The molecular formula is C30H31N5O6. The first kappa shape index (κ1) is 28.9. The van der Waals surface area contributed by atoms with Gasteiger partial charge in [0, 0.05) is 31.6 Å². The summed E-state index contributed by atoms with van der Waals surface area (Å²) in [4.78, 5) is 52.2. The summed E-state index contributed by atoms with van der Waals surface area (Å²) in [5, 5.41) is 15.0. The van der Waals surface area contributed by atoms with Crippen molar-refractivity contribution in [3.05, 3.63) is 92.8 Å². The number of pyridine rings is 1. The lowest BCUT2D eigenvalue weighted by Gasteiger charge is -2.24. The van der Waals surface area contributed by atoms with Gasteiger partial charge in [-0.2, -0.15) is 5.26 Å². The molecule has 1 unspecified atom stereocenters. The van der Waals surface area contributed by atoms with E-state index in [4.69, 9.17) is 9.15 Å². The molecule has 11 nitrogen and oxygen atoms in total. The first-order chi connectivity index (χ1) is 19.4. The Bertz CT molecular complexity index is 1720. The number of fused-ring (bicyclic) bond motifs is 1. The van der Waals surface area contributed by atoms with E-state index in [9.17, 15) is 24.4 Å². The molecule has 4 aromatic rings. The van der Waals surface area contributed by atoms with Crippen LogP contribution < -0.4 is 21.9 Å². The minimum absolute atomic E-state index is 0.0965. The molecule has 2 aromatic heterocycles. The fraction of sp³-hybridized carbons (Fsp3) is 0.300. The summed E-state index contributed by atoms with van der Waals surface area (Å²) >= 11 is 0. The summed E-state index contributed by atoms with van der Waals surface area (Å²) in [5.41, 5.74) is 2.88. The van der Waals surface area contributed by atoms with Crippen molar-refractivity contribution in [1.29, 1.82) is 5.26 Å². The Labute approximate surface area is 235 Å². The zero-order valence-electron chi connectivity index (χ0n) is 23.2. The number of ether oxygens (including phenoxy) is 1. The number of hydrogen-bond donors (Lipinski definition) is 3. The maximum Gasteiger partial charge on any atom is 0.419 e. The quantitative estimate of drug-likeness (QED) is 0.300. The van der Waals surface area contributed by atoms with Crippen molar-refractivity contribution in [2.75, 3.05) is 0 Å². The number of benzene rings is 2. The molecular weight excluding hydrogens is 526 g/mol. The number of nitrogens with zero attached hydrogens (tertiary/aromatic N) is 2. The molecule has 2 atom stereocenters. The molecule has 2 heterocycles. The van der Waals surface area contributed by atoms with E-state index in [1.807, 2.05) is 36.4 Å². The summed E-state index contributed by atoms with van der Waals surface area (Å²) in [6.45, 7) is 5.08. The lowest BCUT2D eigenvalue weighted by atomic mass is 10.00. The van der Waals surface area contributed by atoms with Gasteiger partial charge >= 0.3 is 11.8 Å². The van der Waals surface area contributed by atoms with E-state index >= 15 is 0 Å². The zero-order valence-corrected chi connectivity index (χ0v) is 23.2. The number of aromatic nitrogens is 2. The summed E-state index contributed by atoms with van der Waals surface area (Å²) in [6.07, 6.45) is 0.767. The van der Waals surface area contributed by atoms with E-state index in [0.29, 0.717) is 16.7 Å². The number of nitriles is 1. The zero-order chi connectivity index (χ0) is 29.7. The van der Waals surface area contributed by atoms with Crippen molar-refractivity contribution < 1.29 is 18.7 Å². The third-order valence-corrected chi connectivity index (χ3v) is 6.32. The molecule has 212 valence electrons. The van der Waals surface area contributed by atoms with Crippen LogP contribution in [0.2, 0.25) is 0 Å². The highest BCUT2D eigenvalue weighted by molar-refractivity contribution is 5.86. The van der Waals surface area contributed by atoms with E-state index in [0.717, 1.165) is 16.7 Å². The molecule has 0 aliphatic heterocycles. The Morgan fingerprint density at radius 1 is 1.05 bits per heavy atom. The number of carbonyl (C=O) groups excluding carboxylic acids is 2. The molecule has 0 fully saturated rings. The third kappa shape index (κ3) is 7.30. The van der Waals surface area contributed by atoms with Gasteiger partial charge in [-0.1, -0.05) is 36.4 Å². The molecule has 4 rings (SSSR count). The average Bonchev–Trinajstić information content (AvgIpc) is 3.20. The van der Waals surface area contributed by atoms with Crippen molar-refractivity contribution >= 4 is 23.1 Å². The van der Waals surface area contributed by atoms with Gasteiger partial charge in [-0.25, -0.2) is 9.59 Å². The first-order valence-corrected chi connectivity index (χ1v) is 13.0. The van der Waals surface area contributed by atoms with Crippen LogP contribution >= 0.6 is 0 Å². The van der Waals surface area contributed by atoms with E-state index in [1.54, 1.807) is 46.0 Å². The number of amides is 2. The third-order valence-electron chi connectivity index (χ3n) is 6.32. The number of aromatic amines is 1. The van der Waals surface area contributed by atoms with Crippen LogP contribution in [0.1, 0.15) is 31.9 Å². The Hall–Kier alpha value is -5.11. The minimum atomic E-state index is -1.15. The number of hydrogen-bond acceptors (Lipinski definition) is 7. The van der Waals surface area contributed by atoms with Gasteiger partial charge in [-0.15, -0.1) is 0 Å². The molecule has 0 aliphatic rings. The van der Waals surface area contributed by atoms with Gasteiger partial charge in [0.05, 0.1) is 11.6 Å². The van der Waals surface area contributed by atoms with Gasteiger partial charge in [0.1, 0.15) is 17.7 Å². The normalized spacial score (nSPS) is 12.8. The maximum absolute atomic E-state index is 13.2. The molecule has 0 radical (unpaired) electrons. The highest BCUT2D eigenvalue weighted by Gasteiger charge is 2.27. The second-order valence-electron chi connectivity index (χ2n) is 10.6. The first-order valence-electron chi connectivity index (χ1n) is 13.0. The lowest BCUT2D eigenvalue weighted by molar-refractivity contribution is -0.123. The number of H-pyrrole nitrogens is 1. The second kappa shape index (κ2) is 12.0. The smallest absolute Gasteiger partial charge is 0.419 e. The molecule has 0 spiro atoms. The van der Waals surface area contributed by atoms with Crippen LogP contribution in [-0.4, -0.2) is 39.2 Å². The van der Waals surface area contributed by atoms with E-state index in [-0.39, 0.29) is 18.4 Å².